The minimum absolute atomic E-state index is 0.0637. The van der Waals surface area contributed by atoms with Crippen LogP contribution in [-0.4, -0.2) is 36.2 Å². The first kappa shape index (κ1) is 16.4. The standard InChI is InChI=1S/C17H27FN2O/c1-13-11-20(7-8-21-13)12-15-9-14(5-6-16(15)18)10-19-17(2,3)4/h5-6,9,13,19H,7-8,10-12H2,1-4H3. The second-order valence-electron chi connectivity index (χ2n) is 6.95. The van der Waals surface area contributed by atoms with Crippen molar-refractivity contribution in [1.29, 1.82) is 0 Å². The van der Waals surface area contributed by atoms with Gasteiger partial charge in [0.1, 0.15) is 5.82 Å². The van der Waals surface area contributed by atoms with E-state index in [-0.39, 0.29) is 17.5 Å². The van der Waals surface area contributed by atoms with Gasteiger partial charge in [0, 0.05) is 37.3 Å². The van der Waals surface area contributed by atoms with Crippen LogP contribution in [-0.2, 0) is 17.8 Å². The van der Waals surface area contributed by atoms with E-state index in [4.69, 9.17) is 4.74 Å². The van der Waals surface area contributed by atoms with Gasteiger partial charge in [0.05, 0.1) is 12.7 Å². The monoisotopic (exact) mass is 294 g/mol. The molecule has 1 atom stereocenters. The van der Waals surface area contributed by atoms with Crippen LogP contribution in [0.25, 0.3) is 0 Å². The van der Waals surface area contributed by atoms with Crippen LogP contribution in [0.2, 0.25) is 0 Å². The summed E-state index contributed by atoms with van der Waals surface area (Å²) in [4.78, 5) is 2.26. The largest absolute Gasteiger partial charge is 0.376 e. The van der Waals surface area contributed by atoms with Crippen LogP contribution in [0.3, 0.4) is 0 Å². The highest BCUT2D eigenvalue weighted by Crippen LogP contribution is 2.16. The molecular formula is C17H27FN2O. The van der Waals surface area contributed by atoms with Crippen molar-refractivity contribution in [3.8, 4) is 0 Å². The molecule has 0 aromatic heterocycles. The summed E-state index contributed by atoms with van der Waals surface area (Å²) in [7, 11) is 0. The predicted octanol–water partition coefficient (Wildman–Crippen LogP) is 2.93. The molecule has 1 aromatic rings. The summed E-state index contributed by atoms with van der Waals surface area (Å²) < 4.78 is 19.5. The quantitative estimate of drug-likeness (QED) is 0.924. The summed E-state index contributed by atoms with van der Waals surface area (Å²) in [6.07, 6.45) is 0.229. The molecule has 0 spiro atoms. The van der Waals surface area contributed by atoms with E-state index in [1.165, 1.54) is 0 Å². The number of halogens is 1. The summed E-state index contributed by atoms with van der Waals surface area (Å²) in [6, 6.07) is 5.42. The highest BCUT2D eigenvalue weighted by atomic mass is 19.1. The SMILES string of the molecule is CC1CN(Cc2cc(CNC(C)(C)C)ccc2F)CCO1. The zero-order valence-corrected chi connectivity index (χ0v) is 13.6. The molecule has 0 aliphatic carbocycles. The average molecular weight is 294 g/mol. The van der Waals surface area contributed by atoms with Crippen molar-refractivity contribution in [3.05, 3.63) is 35.1 Å². The van der Waals surface area contributed by atoms with Crippen molar-refractivity contribution in [2.75, 3.05) is 19.7 Å². The molecule has 1 unspecified atom stereocenters. The Kier molecular flexibility index (Phi) is 5.36. The minimum atomic E-state index is -0.117. The van der Waals surface area contributed by atoms with Crippen molar-refractivity contribution < 1.29 is 9.13 Å². The Hall–Kier alpha value is -0.970. The van der Waals surface area contributed by atoms with Gasteiger partial charge in [-0.1, -0.05) is 12.1 Å². The first-order chi connectivity index (χ1) is 9.83. The molecule has 0 saturated carbocycles. The Morgan fingerprint density at radius 1 is 1.38 bits per heavy atom. The van der Waals surface area contributed by atoms with Crippen LogP contribution in [0.1, 0.15) is 38.8 Å². The second kappa shape index (κ2) is 6.86. The fourth-order valence-corrected chi connectivity index (χ4v) is 2.50. The fraction of sp³-hybridized carbons (Fsp3) is 0.647. The number of nitrogens with one attached hydrogen (secondary N) is 1. The van der Waals surface area contributed by atoms with Gasteiger partial charge in [0.25, 0.3) is 0 Å². The van der Waals surface area contributed by atoms with E-state index in [0.29, 0.717) is 6.54 Å². The lowest BCUT2D eigenvalue weighted by Gasteiger charge is -2.31. The van der Waals surface area contributed by atoms with Gasteiger partial charge in [-0.15, -0.1) is 0 Å². The van der Waals surface area contributed by atoms with Gasteiger partial charge >= 0.3 is 0 Å². The molecule has 118 valence electrons. The van der Waals surface area contributed by atoms with E-state index in [0.717, 1.165) is 37.4 Å². The molecule has 1 N–H and O–H groups in total. The zero-order valence-electron chi connectivity index (χ0n) is 13.6. The van der Waals surface area contributed by atoms with Gasteiger partial charge in [-0.3, -0.25) is 4.90 Å². The third-order valence-corrected chi connectivity index (χ3v) is 3.65. The first-order valence-corrected chi connectivity index (χ1v) is 7.70. The number of morpholine rings is 1. The topological polar surface area (TPSA) is 24.5 Å². The number of rotatable bonds is 4. The van der Waals surface area contributed by atoms with E-state index < -0.39 is 0 Å². The smallest absolute Gasteiger partial charge is 0.127 e. The van der Waals surface area contributed by atoms with E-state index in [2.05, 4.69) is 37.9 Å². The summed E-state index contributed by atoms with van der Waals surface area (Å²) in [5.41, 5.74) is 1.97. The van der Waals surface area contributed by atoms with Crippen molar-refractivity contribution in [2.45, 2.75) is 52.4 Å². The Morgan fingerprint density at radius 3 is 2.81 bits per heavy atom. The third kappa shape index (κ3) is 5.38. The lowest BCUT2D eigenvalue weighted by atomic mass is 10.1. The number of hydrogen-bond acceptors (Lipinski definition) is 3. The average Bonchev–Trinajstić information content (AvgIpc) is 2.39. The molecule has 3 nitrogen and oxygen atoms in total. The molecule has 4 heteroatoms. The highest BCUT2D eigenvalue weighted by Gasteiger charge is 2.18. The number of nitrogens with zero attached hydrogens (tertiary/aromatic N) is 1. The molecule has 1 aliphatic rings. The normalized spacial score (nSPS) is 20.7. The summed E-state index contributed by atoms with van der Waals surface area (Å²) in [6.45, 7) is 12.3. The Morgan fingerprint density at radius 2 is 2.14 bits per heavy atom. The Labute approximate surface area is 127 Å². The molecule has 0 amide bonds. The van der Waals surface area contributed by atoms with Gasteiger partial charge < -0.3 is 10.1 Å². The van der Waals surface area contributed by atoms with Crippen LogP contribution < -0.4 is 5.32 Å². The predicted molar refractivity (Wildman–Crippen MR) is 83.7 cm³/mol. The van der Waals surface area contributed by atoms with Gasteiger partial charge in [0.2, 0.25) is 0 Å². The molecule has 2 rings (SSSR count). The van der Waals surface area contributed by atoms with Crippen LogP contribution in [0.4, 0.5) is 4.39 Å². The Balaban J connectivity index is 2.01. The van der Waals surface area contributed by atoms with Crippen LogP contribution in [0.15, 0.2) is 18.2 Å². The van der Waals surface area contributed by atoms with E-state index in [1.807, 2.05) is 12.1 Å². The van der Waals surface area contributed by atoms with Crippen molar-refractivity contribution in [2.24, 2.45) is 0 Å². The Bertz CT molecular complexity index is 470. The fourth-order valence-electron chi connectivity index (χ4n) is 2.50. The van der Waals surface area contributed by atoms with Crippen molar-refractivity contribution >= 4 is 0 Å². The third-order valence-electron chi connectivity index (χ3n) is 3.65. The number of benzene rings is 1. The highest BCUT2D eigenvalue weighted by molar-refractivity contribution is 5.25. The van der Waals surface area contributed by atoms with Crippen molar-refractivity contribution in [1.82, 2.24) is 10.2 Å². The van der Waals surface area contributed by atoms with Crippen molar-refractivity contribution in [3.63, 3.8) is 0 Å². The maximum absolute atomic E-state index is 14.0. The maximum Gasteiger partial charge on any atom is 0.127 e. The molecule has 1 aromatic carbocycles. The lowest BCUT2D eigenvalue weighted by molar-refractivity contribution is -0.0215. The van der Waals surface area contributed by atoms with Crippen LogP contribution >= 0.6 is 0 Å². The minimum Gasteiger partial charge on any atom is -0.376 e. The summed E-state index contributed by atoms with van der Waals surface area (Å²) in [5.74, 6) is -0.117. The lowest BCUT2D eigenvalue weighted by Crippen LogP contribution is -2.40. The van der Waals surface area contributed by atoms with Gasteiger partial charge in [-0.05, 0) is 39.3 Å². The molecule has 1 fully saturated rings. The van der Waals surface area contributed by atoms with E-state index in [9.17, 15) is 4.39 Å². The van der Waals surface area contributed by atoms with E-state index in [1.54, 1.807) is 6.07 Å². The molecule has 1 aliphatic heterocycles. The molecular weight excluding hydrogens is 267 g/mol. The van der Waals surface area contributed by atoms with Crippen LogP contribution in [0.5, 0.6) is 0 Å². The first-order valence-electron chi connectivity index (χ1n) is 7.70. The molecule has 1 saturated heterocycles. The molecule has 1 heterocycles. The summed E-state index contributed by atoms with van der Waals surface area (Å²) >= 11 is 0. The molecule has 21 heavy (non-hydrogen) atoms. The van der Waals surface area contributed by atoms with Gasteiger partial charge in [-0.2, -0.15) is 0 Å². The van der Waals surface area contributed by atoms with Gasteiger partial charge in [-0.25, -0.2) is 4.39 Å². The van der Waals surface area contributed by atoms with Gasteiger partial charge in [0.15, 0.2) is 0 Å². The van der Waals surface area contributed by atoms with Crippen LogP contribution in [0, 0.1) is 5.82 Å². The number of ether oxygens (including phenoxy) is 1. The molecule has 0 bridgehead atoms. The van der Waals surface area contributed by atoms with E-state index >= 15 is 0 Å². The second-order valence-corrected chi connectivity index (χ2v) is 6.95. The summed E-state index contributed by atoms with van der Waals surface area (Å²) in [5, 5.41) is 3.44. The zero-order chi connectivity index (χ0) is 15.5. The number of hydrogen-bond donors (Lipinski definition) is 1. The maximum atomic E-state index is 14.0. The molecule has 0 radical (unpaired) electrons.